The van der Waals surface area contributed by atoms with Crippen LogP contribution in [-0.4, -0.2) is 66.5 Å². The molecule has 0 aromatic rings. The van der Waals surface area contributed by atoms with E-state index >= 15 is 0 Å². The summed E-state index contributed by atoms with van der Waals surface area (Å²) in [5.74, 6) is -1.48. The smallest absolute Gasteiger partial charge is 0.462 e. The fraction of sp³-hybridized carbons (Fsp3) is 0.810. The van der Waals surface area contributed by atoms with Gasteiger partial charge in [0, 0.05) is 19.3 Å². The molecule has 0 aliphatic heterocycles. The number of allylic oxidation sites excluding steroid dienone is 8. The average molecular weight is 1010 g/mol. The Labute approximate surface area is 428 Å². The van der Waals surface area contributed by atoms with E-state index in [-0.39, 0.29) is 25.9 Å². The Morgan fingerprint density at radius 2 is 0.714 bits per heavy atom. The Balaban J connectivity index is 4.70. The summed E-state index contributed by atoms with van der Waals surface area (Å²) in [5, 5.41) is 9.78. The van der Waals surface area contributed by atoms with Crippen molar-refractivity contribution in [1.29, 1.82) is 0 Å². The highest BCUT2D eigenvalue weighted by atomic mass is 31.2. The molecule has 0 radical (unpaired) electrons. The van der Waals surface area contributed by atoms with Crippen LogP contribution in [0.15, 0.2) is 48.6 Å². The maximum atomic E-state index is 12.9. The number of phosphoric acid groups is 1. The molecule has 0 bridgehead atoms. The van der Waals surface area contributed by atoms with Gasteiger partial charge in [0.05, 0.1) is 19.8 Å². The third kappa shape index (κ3) is 50.4. The van der Waals surface area contributed by atoms with Crippen molar-refractivity contribution >= 4 is 25.7 Å². The molecule has 70 heavy (non-hydrogen) atoms. The van der Waals surface area contributed by atoms with Crippen molar-refractivity contribution < 1.29 is 52.2 Å². The molecule has 2 N–H and O–H groups in total. The molecule has 0 spiro atoms. The van der Waals surface area contributed by atoms with Gasteiger partial charge >= 0.3 is 25.7 Å². The second kappa shape index (κ2) is 52.8. The summed E-state index contributed by atoms with van der Waals surface area (Å²) in [6.45, 7) is 4.56. The van der Waals surface area contributed by atoms with Crippen molar-refractivity contribution in [2.45, 2.75) is 277 Å². The molecule has 12 heteroatoms. The first-order valence-corrected chi connectivity index (χ1v) is 30.0. The van der Waals surface area contributed by atoms with Crippen molar-refractivity contribution in [3.63, 3.8) is 0 Å². The van der Waals surface area contributed by atoms with Crippen LogP contribution in [0.25, 0.3) is 0 Å². The number of esters is 3. The van der Waals surface area contributed by atoms with E-state index in [0.717, 1.165) is 109 Å². The number of rotatable bonds is 53. The first-order chi connectivity index (χ1) is 34.2. The van der Waals surface area contributed by atoms with Crippen molar-refractivity contribution in [2.75, 3.05) is 26.4 Å². The largest absolute Gasteiger partial charge is 0.472 e. The number of carbonyl (C=O) groups excluding carboxylic acids is 3. The maximum Gasteiger partial charge on any atom is 0.472 e. The first kappa shape index (κ1) is 67.4. The molecule has 3 atom stereocenters. The van der Waals surface area contributed by atoms with E-state index in [1.165, 1.54) is 96.3 Å². The predicted molar refractivity (Wildman–Crippen MR) is 289 cm³/mol. The first-order valence-electron chi connectivity index (χ1n) is 28.5. The quantitative estimate of drug-likeness (QED) is 0.0197. The summed E-state index contributed by atoms with van der Waals surface area (Å²) in [7, 11) is -4.75. The third-order valence-electron chi connectivity index (χ3n) is 12.2. The van der Waals surface area contributed by atoms with Gasteiger partial charge in [0.15, 0.2) is 6.10 Å². The zero-order valence-electron chi connectivity index (χ0n) is 45.0. The topological polar surface area (TPSA) is 155 Å². The van der Waals surface area contributed by atoms with Gasteiger partial charge in [-0.15, -0.1) is 0 Å². The van der Waals surface area contributed by atoms with E-state index in [2.05, 4.69) is 69.4 Å². The predicted octanol–water partition coefficient (Wildman–Crippen LogP) is 16.6. The zero-order valence-corrected chi connectivity index (χ0v) is 45.9. The molecule has 0 aliphatic rings. The van der Waals surface area contributed by atoms with Gasteiger partial charge < -0.3 is 24.2 Å². The van der Waals surface area contributed by atoms with Crippen molar-refractivity contribution in [1.82, 2.24) is 0 Å². The van der Waals surface area contributed by atoms with Crippen molar-refractivity contribution in [2.24, 2.45) is 0 Å². The van der Waals surface area contributed by atoms with E-state index in [0.29, 0.717) is 19.3 Å². The number of phosphoric ester groups is 1. The van der Waals surface area contributed by atoms with Gasteiger partial charge in [-0.1, -0.05) is 198 Å². The molecule has 0 saturated carbocycles. The van der Waals surface area contributed by atoms with Crippen LogP contribution in [-0.2, 0) is 42.2 Å². The van der Waals surface area contributed by atoms with Gasteiger partial charge in [-0.3, -0.25) is 23.4 Å². The number of ether oxygens (including phenoxy) is 3. The minimum Gasteiger partial charge on any atom is -0.462 e. The summed E-state index contributed by atoms with van der Waals surface area (Å²) in [5.41, 5.74) is 0. The Bertz CT molecular complexity index is 1360. The van der Waals surface area contributed by atoms with Gasteiger partial charge in [-0.25, -0.2) is 4.57 Å². The molecule has 0 heterocycles. The van der Waals surface area contributed by atoms with E-state index in [4.69, 9.17) is 23.3 Å². The van der Waals surface area contributed by atoms with E-state index in [1.54, 1.807) is 0 Å². The van der Waals surface area contributed by atoms with Gasteiger partial charge in [0.25, 0.3) is 0 Å². The Morgan fingerprint density at radius 3 is 1.14 bits per heavy atom. The van der Waals surface area contributed by atoms with E-state index in [9.17, 15) is 28.9 Å². The Hall–Kier alpha value is -2.56. The lowest BCUT2D eigenvalue weighted by molar-refractivity contribution is -0.161. The average Bonchev–Trinajstić information content (AvgIpc) is 3.35. The van der Waals surface area contributed by atoms with Crippen LogP contribution in [0.2, 0.25) is 0 Å². The lowest BCUT2D eigenvalue weighted by Crippen LogP contribution is -2.30. The van der Waals surface area contributed by atoms with Crippen LogP contribution in [0.3, 0.4) is 0 Å². The summed E-state index contributed by atoms with van der Waals surface area (Å²) in [4.78, 5) is 48.4. The Morgan fingerprint density at radius 1 is 0.400 bits per heavy atom. The van der Waals surface area contributed by atoms with Crippen LogP contribution >= 0.6 is 7.82 Å². The number of carbonyl (C=O) groups is 3. The second-order valence-corrected chi connectivity index (χ2v) is 20.5. The molecule has 0 rings (SSSR count). The number of aliphatic hydroxyl groups excluding tert-OH is 1. The highest BCUT2D eigenvalue weighted by Gasteiger charge is 2.28. The lowest BCUT2D eigenvalue weighted by Gasteiger charge is -2.21. The van der Waals surface area contributed by atoms with E-state index in [1.807, 2.05) is 0 Å². The maximum absolute atomic E-state index is 12.9. The van der Waals surface area contributed by atoms with Gasteiger partial charge in [0.2, 0.25) is 0 Å². The van der Waals surface area contributed by atoms with Crippen LogP contribution in [0, 0.1) is 0 Å². The highest BCUT2D eigenvalue weighted by molar-refractivity contribution is 7.47. The number of hydrogen-bond donors (Lipinski definition) is 2. The number of hydrogen-bond acceptors (Lipinski definition) is 10. The number of aliphatic hydroxyl groups is 1. The molecule has 11 nitrogen and oxygen atoms in total. The van der Waals surface area contributed by atoms with Crippen molar-refractivity contribution in [3.05, 3.63) is 48.6 Å². The minimum absolute atomic E-state index is 0.157. The molecule has 0 aromatic carbocycles. The normalized spacial score (nSPS) is 13.7. The van der Waals surface area contributed by atoms with Crippen LogP contribution < -0.4 is 0 Å². The molecule has 0 fully saturated rings. The molecule has 0 saturated heterocycles. The van der Waals surface area contributed by atoms with E-state index < -0.39 is 57.8 Å². The third-order valence-corrected chi connectivity index (χ3v) is 13.1. The van der Waals surface area contributed by atoms with Crippen LogP contribution in [0.4, 0.5) is 0 Å². The monoisotopic (exact) mass is 1010 g/mol. The van der Waals surface area contributed by atoms with Gasteiger partial charge in [-0.05, 0) is 96.3 Å². The molecule has 408 valence electrons. The SMILES string of the molecule is CCCC/C=C\CCCCCCCC(=O)OC(CO)COP(=O)(O)OCC(COC(=O)CCCCCCCCCCC/C=C\C/C=C\CCCCC)OC(=O)CCCCCCC/C=C\CCCCCC. The number of unbranched alkanes of at least 4 members (excludes halogenated alkanes) is 28. The van der Waals surface area contributed by atoms with Crippen LogP contribution in [0.1, 0.15) is 265 Å². The fourth-order valence-electron chi connectivity index (χ4n) is 7.77. The molecule has 0 aromatic heterocycles. The zero-order chi connectivity index (χ0) is 51.3. The summed E-state index contributed by atoms with van der Waals surface area (Å²) in [6, 6.07) is 0. The van der Waals surface area contributed by atoms with Crippen LogP contribution in [0.5, 0.6) is 0 Å². The van der Waals surface area contributed by atoms with Crippen molar-refractivity contribution in [3.8, 4) is 0 Å². The van der Waals surface area contributed by atoms with Gasteiger partial charge in [0.1, 0.15) is 12.7 Å². The summed E-state index contributed by atoms with van der Waals surface area (Å²) >= 11 is 0. The molecular weight excluding hydrogens is 904 g/mol. The standard InChI is InChI=1S/C58H105O11P/c1-4-7-10-13-16-19-22-24-25-26-27-28-29-31-33-35-38-41-44-47-56(60)65-51-55(69-58(62)49-46-43-40-37-34-30-23-20-17-14-11-8-5-2)53-67-70(63,64)66-52-54(50-59)68-57(61)48-45-42-39-36-32-21-18-15-12-9-6-3/h15-16,18-20,23-25,54-55,59H,4-14,17,21-22,26-53H2,1-3H3,(H,63,64)/b18-15-,19-16-,23-20-,25-24-. The molecule has 0 amide bonds. The minimum atomic E-state index is -4.75. The van der Waals surface area contributed by atoms with Gasteiger partial charge in [-0.2, -0.15) is 0 Å². The molecule has 0 aliphatic carbocycles. The fourth-order valence-corrected chi connectivity index (χ4v) is 8.56. The molecular formula is C58H105O11P. The lowest BCUT2D eigenvalue weighted by atomic mass is 10.1. The summed E-state index contributed by atoms with van der Waals surface area (Å²) < 4.78 is 39.4. The summed E-state index contributed by atoms with van der Waals surface area (Å²) in [6.07, 6.45) is 55.0. The molecule has 3 unspecified atom stereocenters. The Kier molecular flexibility index (Phi) is 50.8. The highest BCUT2D eigenvalue weighted by Crippen LogP contribution is 2.43. The second-order valence-electron chi connectivity index (χ2n) is 19.1.